The average molecular weight is 691 g/mol. The lowest BCUT2D eigenvalue weighted by molar-refractivity contribution is -0.140. The molecule has 4 rings (SSSR count). The summed E-state index contributed by atoms with van der Waals surface area (Å²) in [7, 11) is -4.16. The van der Waals surface area contributed by atoms with E-state index in [-0.39, 0.29) is 23.8 Å². The van der Waals surface area contributed by atoms with Gasteiger partial charge in [-0.1, -0.05) is 88.2 Å². The van der Waals surface area contributed by atoms with Crippen LogP contribution in [0.4, 0.5) is 5.69 Å². The summed E-state index contributed by atoms with van der Waals surface area (Å²) in [4.78, 5) is 30.2. The highest BCUT2D eigenvalue weighted by molar-refractivity contribution is 9.10. The number of carbonyl (C=O) groups excluding carboxylic acids is 2. The van der Waals surface area contributed by atoms with Crippen LogP contribution in [0.15, 0.2) is 112 Å². The zero-order valence-corrected chi connectivity index (χ0v) is 28.7. The van der Waals surface area contributed by atoms with Gasteiger partial charge in [-0.25, -0.2) is 8.42 Å². The molecule has 4 aromatic carbocycles. The van der Waals surface area contributed by atoms with Crippen molar-refractivity contribution in [1.29, 1.82) is 0 Å². The standard InChI is InChI=1S/C36H40BrN3O4S/c1-26-15-21-32(22-16-26)45(43,44)40(31-19-17-30(37)18-20-31)25-34(41)39(24-29-14-10-9-11-27(29)2)33(35(42)38-36(3,4)5)23-28-12-7-6-8-13-28/h6-22,33H,23-25H2,1-5H3,(H,38,42). The van der Waals surface area contributed by atoms with Gasteiger partial charge in [0.1, 0.15) is 12.6 Å². The molecule has 1 N–H and O–H groups in total. The SMILES string of the molecule is Cc1ccc(S(=O)(=O)N(CC(=O)N(Cc2ccccc2C)C(Cc2ccccc2)C(=O)NC(C)(C)C)c2ccc(Br)cc2)cc1. The van der Waals surface area contributed by atoms with Gasteiger partial charge in [0.05, 0.1) is 10.6 Å². The Hall–Kier alpha value is -3.95. The highest BCUT2D eigenvalue weighted by atomic mass is 79.9. The Balaban J connectivity index is 1.82. The highest BCUT2D eigenvalue weighted by Crippen LogP contribution is 2.27. The topological polar surface area (TPSA) is 86.8 Å². The lowest BCUT2D eigenvalue weighted by Gasteiger charge is -2.35. The second-order valence-electron chi connectivity index (χ2n) is 12.2. The molecule has 0 saturated heterocycles. The minimum atomic E-state index is -4.16. The van der Waals surface area contributed by atoms with Crippen molar-refractivity contribution in [2.45, 2.75) is 64.1 Å². The largest absolute Gasteiger partial charge is 0.350 e. The molecule has 9 heteroatoms. The van der Waals surface area contributed by atoms with Crippen LogP contribution in [0.25, 0.3) is 0 Å². The molecular weight excluding hydrogens is 650 g/mol. The number of hydrogen-bond donors (Lipinski definition) is 1. The zero-order chi connectivity index (χ0) is 32.8. The van der Waals surface area contributed by atoms with Gasteiger partial charge in [0.25, 0.3) is 10.0 Å². The Morgan fingerprint density at radius 3 is 2.02 bits per heavy atom. The van der Waals surface area contributed by atoms with Gasteiger partial charge in [-0.2, -0.15) is 0 Å². The highest BCUT2D eigenvalue weighted by Gasteiger charge is 2.35. The van der Waals surface area contributed by atoms with Crippen LogP contribution in [-0.2, 0) is 32.6 Å². The molecule has 0 aliphatic rings. The molecule has 0 fully saturated rings. The first kappa shape index (κ1) is 33.9. The van der Waals surface area contributed by atoms with Gasteiger partial charge in [-0.15, -0.1) is 0 Å². The van der Waals surface area contributed by atoms with Crippen molar-refractivity contribution in [2.75, 3.05) is 10.8 Å². The summed E-state index contributed by atoms with van der Waals surface area (Å²) in [5, 5.41) is 3.06. The fourth-order valence-corrected chi connectivity index (χ4v) is 6.63. The molecule has 45 heavy (non-hydrogen) atoms. The summed E-state index contributed by atoms with van der Waals surface area (Å²) >= 11 is 3.42. The molecule has 0 aliphatic carbocycles. The number of aryl methyl sites for hydroxylation is 2. The van der Waals surface area contributed by atoms with E-state index in [9.17, 15) is 18.0 Å². The van der Waals surface area contributed by atoms with Gasteiger partial charge >= 0.3 is 0 Å². The van der Waals surface area contributed by atoms with E-state index in [1.54, 1.807) is 48.5 Å². The molecule has 0 aliphatic heterocycles. The van der Waals surface area contributed by atoms with Crippen LogP contribution in [0, 0.1) is 13.8 Å². The molecule has 4 aromatic rings. The van der Waals surface area contributed by atoms with Gasteiger partial charge in [0, 0.05) is 23.0 Å². The third-order valence-corrected chi connectivity index (χ3v) is 9.69. The molecule has 0 spiro atoms. The average Bonchev–Trinajstić information content (AvgIpc) is 2.99. The molecule has 0 saturated carbocycles. The second-order valence-corrected chi connectivity index (χ2v) is 15.0. The number of sulfonamides is 1. The predicted octanol–water partition coefficient (Wildman–Crippen LogP) is 6.82. The second kappa shape index (κ2) is 14.4. The first-order valence-electron chi connectivity index (χ1n) is 14.8. The number of rotatable bonds is 11. The van der Waals surface area contributed by atoms with Crippen molar-refractivity contribution < 1.29 is 18.0 Å². The van der Waals surface area contributed by atoms with Crippen molar-refractivity contribution in [3.05, 3.63) is 130 Å². The van der Waals surface area contributed by atoms with Crippen LogP contribution < -0.4 is 9.62 Å². The minimum Gasteiger partial charge on any atom is -0.350 e. The summed E-state index contributed by atoms with van der Waals surface area (Å²) in [5.41, 5.74) is 3.40. The van der Waals surface area contributed by atoms with Crippen LogP contribution in [0.1, 0.15) is 43.0 Å². The van der Waals surface area contributed by atoms with Crippen LogP contribution in [0.2, 0.25) is 0 Å². The molecule has 1 unspecified atom stereocenters. The van der Waals surface area contributed by atoms with E-state index >= 15 is 0 Å². The Morgan fingerprint density at radius 2 is 1.42 bits per heavy atom. The van der Waals surface area contributed by atoms with E-state index < -0.39 is 34.1 Å². The van der Waals surface area contributed by atoms with E-state index in [1.165, 1.54) is 4.90 Å². The normalized spacial score (nSPS) is 12.3. The van der Waals surface area contributed by atoms with Gasteiger partial charge in [0.2, 0.25) is 11.8 Å². The van der Waals surface area contributed by atoms with Gasteiger partial charge in [-0.3, -0.25) is 13.9 Å². The fraction of sp³-hybridized carbons (Fsp3) is 0.278. The van der Waals surface area contributed by atoms with E-state index in [1.807, 2.05) is 89.2 Å². The smallest absolute Gasteiger partial charge is 0.264 e. The lowest BCUT2D eigenvalue weighted by Crippen LogP contribution is -2.56. The fourth-order valence-electron chi connectivity index (χ4n) is 4.95. The number of hydrogen-bond acceptors (Lipinski definition) is 4. The van der Waals surface area contributed by atoms with Crippen LogP contribution in [0.3, 0.4) is 0 Å². The third-order valence-electron chi connectivity index (χ3n) is 7.37. The summed E-state index contributed by atoms with van der Waals surface area (Å²) in [6.45, 7) is 9.13. The van der Waals surface area contributed by atoms with Crippen LogP contribution >= 0.6 is 15.9 Å². The van der Waals surface area contributed by atoms with Gasteiger partial charge in [-0.05, 0) is 87.7 Å². The molecule has 1 atom stereocenters. The van der Waals surface area contributed by atoms with Gasteiger partial charge < -0.3 is 10.2 Å². The third kappa shape index (κ3) is 9.05. The molecule has 236 valence electrons. The number of nitrogens with zero attached hydrogens (tertiary/aromatic N) is 2. The number of nitrogens with one attached hydrogen (secondary N) is 1. The number of halogens is 1. The zero-order valence-electron chi connectivity index (χ0n) is 26.3. The Bertz CT molecular complexity index is 1720. The Kier molecular flexibility index (Phi) is 10.9. The summed E-state index contributed by atoms with van der Waals surface area (Å²) in [6.07, 6.45) is 0.253. The molecule has 0 radical (unpaired) electrons. The Morgan fingerprint density at radius 1 is 0.822 bits per heavy atom. The Labute approximate surface area is 275 Å². The van der Waals surface area contributed by atoms with Crippen molar-refractivity contribution in [3.63, 3.8) is 0 Å². The van der Waals surface area contributed by atoms with Crippen molar-refractivity contribution in [1.82, 2.24) is 10.2 Å². The molecule has 0 bridgehead atoms. The maximum Gasteiger partial charge on any atom is 0.264 e. The van der Waals surface area contributed by atoms with Crippen molar-refractivity contribution >= 4 is 43.5 Å². The predicted molar refractivity (Wildman–Crippen MR) is 183 cm³/mol. The maximum atomic E-state index is 14.6. The number of anilines is 1. The minimum absolute atomic E-state index is 0.0700. The van der Waals surface area contributed by atoms with E-state index in [0.29, 0.717) is 5.69 Å². The number of benzene rings is 4. The van der Waals surface area contributed by atoms with E-state index in [0.717, 1.165) is 31.0 Å². The van der Waals surface area contributed by atoms with E-state index in [2.05, 4.69) is 21.2 Å². The first-order valence-corrected chi connectivity index (χ1v) is 17.0. The van der Waals surface area contributed by atoms with Crippen LogP contribution in [0.5, 0.6) is 0 Å². The summed E-state index contributed by atoms with van der Waals surface area (Å²) in [6, 6.07) is 29.6. The van der Waals surface area contributed by atoms with Crippen molar-refractivity contribution in [3.8, 4) is 0 Å². The first-order chi connectivity index (χ1) is 21.2. The van der Waals surface area contributed by atoms with Crippen LogP contribution in [-0.4, -0.2) is 43.3 Å². The molecule has 0 aromatic heterocycles. The lowest BCUT2D eigenvalue weighted by atomic mass is 10.00. The molecular formula is C36H40BrN3O4S. The molecule has 0 heterocycles. The number of carbonyl (C=O) groups is 2. The quantitative estimate of drug-likeness (QED) is 0.187. The monoisotopic (exact) mass is 689 g/mol. The summed E-state index contributed by atoms with van der Waals surface area (Å²) in [5.74, 6) is -0.813. The summed E-state index contributed by atoms with van der Waals surface area (Å²) < 4.78 is 30.2. The number of amides is 2. The molecule has 7 nitrogen and oxygen atoms in total. The van der Waals surface area contributed by atoms with E-state index in [4.69, 9.17) is 0 Å². The maximum absolute atomic E-state index is 14.6. The molecule has 2 amide bonds. The van der Waals surface area contributed by atoms with Gasteiger partial charge in [0.15, 0.2) is 0 Å². The van der Waals surface area contributed by atoms with Crippen molar-refractivity contribution in [2.24, 2.45) is 0 Å².